The van der Waals surface area contributed by atoms with E-state index in [1.165, 1.54) is 6.33 Å². The van der Waals surface area contributed by atoms with Crippen LogP contribution in [0.5, 0.6) is 0 Å². The van der Waals surface area contributed by atoms with E-state index in [1.54, 1.807) is 0 Å². The van der Waals surface area contributed by atoms with Gasteiger partial charge in [0.05, 0.1) is 12.6 Å². The Balaban J connectivity index is 1.52. The van der Waals surface area contributed by atoms with Gasteiger partial charge in [-0.05, 0) is 25.7 Å². The van der Waals surface area contributed by atoms with Gasteiger partial charge in [0.25, 0.3) is 0 Å². The molecule has 0 aromatic carbocycles. The van der Waals surface area contributed by atoms with Crippen LogP contribution in [0.1, 0.15) is 32.1 Å². The van der Waals surface area contributed by atoms with Crippen molar-refractivity contribution in [3.8, 4) is 0 Å². The molecule has 2 N–H and O–H groups in total. The number of likely N-dealkylation sites (tertiary alicyclic amines) is 1. The second-order valence-corrected chi connectivity index (χ2v) is 6.20. The number of rotatable bonds is 6. The zero-order valence-electron chi connectivity index (χ0n) is 13.4. The first-order valence-corrected chi connectivity index (χ1v) is 8.49. The minimum absolute atomic E-state index is 0.148. The molecule has 0 saturated carbocycles. The highest BCUT2D eigenvalue weighted by atomic mass is 16.3. The fraction of sp³-hybridized carbons (Fsp3) is 0.688. The molecule has 2 aliphatic rings. The molecule has 7 heteroatoms. The number of carbonyl (C=O) groups is 1. The number of nitrogens with one attached hydrogen (secondary N) is 1. The minimum Gasteiger partial charge on any atom is -0.394 e. The van der Waals surface area contributed by atoms with Crippen LogP contribution in [0.25, 0.3) is 0 Å². The van der Waals surface area contributed by atoms with E-state index in [2.05, 4.69) is 20.2 Å². The van der Waals surface area contributed by atoms with E-state index in [-0.39, 0.29) is 18.6 Å². The SMILES string of the molecule is O=C(CCNc1cc(N2CCCC2CO)ncn1)N1CCCC1. The highest BCUT2D eigenvalue weighted by Gasteiger charge is 2.25. The molecule has 126 valence electrons. The Bertz CT molecular complexity index is 533. The lowest BCUT2D eigenvalue weighted by Crippen LogP contribution is -2.32. The van der Waals surface area contributed by atoms with E-state index in [1.807, 2.05) is 11.0 Å². The molecule has 2 fully saturated rings. The van der Waals surface area contributed by atoms with Crippen molar-refractivity contribution >= 4 is 17.5 Å². The first-order valence-electron chi connectivity index (χ1n) is 8.49. The number of aliphatic hydroxyl groups excluding tert-OH is 1. The summed E-state index contributed by atoms with van der Waals surface area (Å²) in [6.45, 7) is 3.43. The van der Waals surface area contributed by atoms with Gasteiger partial charge in [-0.1, -0.05) is 0 Å². The maximum atomic E-state index is 12.0. The Labute approximate surface area is 136 Å². The molecule has 1 aromatic rings. The topological polar surface area (TPSA) is 81.6 Å². The van der Waals surface area contributed by atoms with Crippen molar-refractivity contribution in [1.29, 1.82) is 0 Å². The number of carbonyl (C=O) groups excluding carboxylic acids is 1. The molecule has 2 saturated heterocycles. The Morgan fingerprint density at radius 2 is 2.09 bits per heavy atom. The standard InChI is InChI=1S/C16H25N5O2/c22-11-13-4-3-9-21(13)15-10-14(18-12-19-15)17-6-5-16(23)20-7-1-2-8-20/h10,12-13,22H,1-9,11H2,(H,17,18,19). The first kappa shape index (κ1) is 16.0. The van der Waals surface area contributed by atoms with E-state index in [0.717, 1.165) is 57.0 Å². The zero-order chi connectivity index (χ0) is 16.1. The maximum Gasteiger partial charge on any atom is 0.224 e. The normalized spacial score (nSPS) is 21.0. The number of aliphatic hydroxyl groups is 1. The van der Waals surface area contributed by atoms with Crippen LogP contribution in [0.4, 0.5) is 11.6 Å². The van der Waals surface area contributed by atoms with Gasteiger partial charge in [0.15, 0.2) is 0 Å². The van der Waals surface area contributed by atoms with Gasteiger partial charge in [0.1, 0.15) is 18.0 Å². The number of amides is 1. The van der Waals surface area contributed by atoms with Crippen LogP contribution in [0.3, 0.4) is 0 Å². The second kappa shape index (κ2) is 7.59. The van der Waals surface area contributed by atoms with Crippen LogP contribution in [0, 0.1) is 0 Å². The zero-order valence-corrected chi connectivity index (χ0v) is 13.4. The lowest BCUT2D eigenvalue weighted by atomic mass is 10.2. The van der Waals surface area contributed by atoms with Crippen LogP contribution in [-0.4, -0.2) is 64.7 Å². The second-order valence-electron chi connectivity index (χ2n) is 6.20. The van der Waals surface area contributed by atoms with Crippen LogP contribution in [0.15, 0.2) is 12.4 Å². The molecule has 7 nitrogen and oxygen atoms in total. The summed E-state index contributed by atoms with van der Waals surface area (Å²) in [6, 6.07) is 2.04. The van der Waals surface area contributed by atoms with Crippen LogP contribution in [-0.2, 0) is 4.79 Å². The van der Waals surface area contributed by atoms with E-state index >= 15 is 0 Å². The Morgan fingerprint density at radius 1 is 1.26 bits per heavy atom. The number of anilines is 2. The van der Waals surface area contributed by atoms with Gasteiger partial charge >= 0.3 is 0 Å². The van der Waals surface area contributed by atoms with Gasteiger partial charge in [0.2, 0.25) is 5.91 Å². The van der Waals surface area contributed by atoms with Crippen LogP contribution < -0.4 is 10.2 Å². The molecule has 1 unspecified atom stereocenters. The van der Waals surface area contributed by atoms with Crippen molar-refractivity contribution in [2.24, 2.45) is 0 Å². The molecule has 0 radical (unpaired) electrons. The molecule has 0 spiro atoms. The van der Waals surface area contributed by atoms with Gasteiger partial charge in [0, 0.05) is 38.7 Å². The highest BCUT2D eigenvalue weighted by Crippen LogP contribution is 2.24. The first-order chi connectivity index (χ1) is 11.3. The average molecular weight is 319 g/mol. The third-order valence-corrected chi connectivity index (χ3v) is 4.64. The van der Waals surface area contributed by atoms with Gasteiger partial charge < -0.3 is 20.2 Å². The van der Waals surface area contributed by atoms with Crippen LogP contribution >= 0.6 is 0 Å². The Hall–Kier alpha value is -1.89. The third-order valence-electron chi connectivity index (χ3n) is 4.64. The van der Waals surface area contributed by atoms with Crippen molar-refractivity contribution in [3.63, 3.8) is 0 Å². The molecule has 3 rings (SSSR count). The monoisotopic (exact) mass is 319 g/mol. The number of hydrogen-bond donors (Lipinski definition) is 2. The summed E-state index contributed by atoms with van der Waals surface area (Å²) in [6.07, 6.45) is 6.33. The van der Waals surface area contributed by atoms with Crippen molar-refractivity contribution < 1.29 is 9.90 Å². The lowest BCUT2D eigenvalue weighted by Gasteiger charge is -2.24. The number of nitrogens with zero attached hydrogens (tertiary/aromatic N) is 4. The summed E-state index contributed by atoms with van der Waals surface area (Å²) in [5.41, 5.74) is 0. The molecule has 1 amide bonds. The van der Waals surface area contributed by atoms with E-state index in [4.69, 9.17) is 0 Å². The minimum atomic E-state index is 0.148. The van der Waals surface area contributed by atoms with Crippen molar-refractivity contribution in [2.45, 2.75) is 38.1 Å². The molecule has 2 aliphatic heterocycles. The van der Waals surface area contributed by atoms with Crippen molar-refractivity contribution in [3.05, 3.63) is 12.4 Å². The molecule has 23 heavy (non-hydrogen) atoms. The Morgan fingerprint density at radius 3 is 2.87 bits per heavy atom. The Kier molecular flexibility index (Phi) is 5.27. The van der Waals surface area contributed by atoms with E-state index in [0.29, 0.717) is 13.0 Å². The summed E-state index contributed by atoms with van der Waals surface area (Å²) >= 11 is 0. The molecule has 0 aliphatic carbocycles. The van der Waals surface area contributed by atoms with Gasteiger partial charge in [-0.25, -0.2) is 9.97 Å². The average Bonchev–Trinajstić information content (AvgIpc) is 3.26. The fourth-order valence-corrected chi connectivity index (χ4v) is 3.35. The molecular formula is C16H25N5O2. The van der Waals surface area contributed by atoms with E-state index < -0.39 is 0 Å². The fourth-order valence-electron chi connectivity index (χ4n) is 3.35. The van der Waals surface area contributed by atoms with Crippen molar-refractivity contribution in [1.82, 2.24) is 14.9 Å². The third kappa shape index (κ3) is 3.90. The highest BCUT2D eigenvalue weighted by molar-refractivity contribution is 5.76. The molecule has 0 bridgehead atoms. The quantitative estimate of drug-likeness (QED) is 0.809. The predicted octanol–water partition coefficient (Wildman–Crippen LogP) is 0.862. The summed E-state index contributed by atoms with van der Waals surface area (Å²) < 4.78 is 0. The predicted molar refractivity (Wildman–Crippen MR) is 88.4 cm³/mol. The molecule has 1 aromatic heterocycles. The van der Waals surface area contributed by atoms with Gasteiger partial charge in [-0.15, -0.1) is 0 Å². The van der Waals surface area contributed by atoms with Gasteiger partial charge in [-0.2, -0.15) is 0 Å². The molecular weight excluding hydrogens is 294 g/mol. The largest absolute Gasteiger partial charge is 0.394 e. The molecule has 1 atom stereocenters. The van der Waals surface area contributed by atoms with Gasteiger partial charge in [-0.3, -0.25) is 4.79 Å². The summed E-state index contributed by atoms with van der Waals surface area (Å²) in [5.74, 6) is 1.78. The maximum absolute atomic E-state index is 12.0. The summed E-state index contributed by atoms with van der Waals surface area (Å²) in [4.78, 5) is 24.6. The van der Waals surface area contributed by atoms with Crippen LogP contribution in [0.2, 0.25) is 0 Å². The smallest absolute Gasteiger partial charge is 0.224 e. The summed E-state index contributed by atoms with van der Waals surface area (Å²) in [7, 11) is 0. The summed E-state index contributed by atoms with van der Waals surface area (Å²) in [5, 5.41) is 12.6. The number of hydrogen-bond acceptors (Lipinski definition) is 6. The molecule has 3 heterocycles. The lowest BCUT2D eigenvalue weighted by molar-refractivity contribution is -0.129. The number of aromatic nitrogens is 2. The van der Waals surface area contributed by atoms with Crippen molar-refractivity contribution in [2.75, 3.05) is 43.0 Å². The van der Waals surface area contributed by atoms with E-state index in [9.17, 15) is 9.90 Å².